The molecule has 0 radical (unpaired) electrons. The van der Waals surface area contributed by atoms with E-state index in [0.29, 0.717) is 27.5 Å². The van der Waals surface area contributed by atoms with Crippen molar-refractivity contribution in [3.8, 4) is 5.75 Å². The van der Waals surface area contributed by atoms with Gasteiger partial charge < -0.3 is 4.74 Å². The molecule has 0 aliphatic carbocycles. The summed E-state index contributed by atoms with van der Waals surface area (Å²) in [6, 6.07) is 17.3. The van der Waals surface area contributed by atoms with Crippen LogP contribution in [0.5, 0.6) is 5.75 Å². The van der Waals surface area contributed by atoms with Crippen LogP contribution in [0.15, 0.2) is 76.1 Å². The van der Waals surface area contributed by atoms with E-state index in [1.807, 2.05) is 0 Å². The minimum absolute atomic E-state index is 0.0176. The maximum Gasteiger partial charge on any atom is 0.271 e. The minimum Gasteiger partial charge on any atom is -0.488 e. The first kappa shape index (κ1) is 23.1. The van der Waals surface area contributed by atoms with Crippen molar-refractivity contribution in [3.05, 3.63) is 103 Å². The fourth-order valence-corrected chi connectivity index (χ4v) is 4.78. The summed E-state index contributed by atoms with van der Waals surface area (Å²) in [5.41, 5.74) is 1.19. The van der Waals surface area contributed by atoms with Crippen LogP contribution in [-0.2, 0) is 11.4 Å². The molecule has 1 fully saturated rings. The number of hydrogen-bond acceptors (Lipinski definition) is 6. The molecule has 0 N–H and O–H groups in total. The van der Waals surface area contributed by atoms with Crippen molar-refractivity contribution in [1.29, 1.82) is 0 Å². The van der Waals surface area contributed by atoms with Gasteiger partial charge in [-0.1, -0.05) is 64.2 Å². The van der Waals surface area contributed by atoms with Crippen LogP contribution in [0.3, 0.4) is 0 Å². The Morgan fingerprint density at radius 1 is 1.15 bits per heavy atom. The van der Waals surface area contributed by atoms with Crippen LogP contribution >= 0.6 is 39.9 Å². The molecule has 4 rings (SSSR count). The highest BCUT2D eigenvalue weighted by atomic mass is 79.9. The lowest BCUT2D eigenvalue weighted by Gasteiger charge is -2.14. The number of rotatable bonds is 6. The normalized spacial score (nSPS) is 14.7. The van der Waals surface area contributed by atoms with Gasteiger partial charge in [0.15, 0.2) is 4.32 Å². The molecule has 1 aliphatic heterocycles. The van der Waals surface area contributed by atoms with Crippen LogP contribution in [0, 0.1) is 15.9 Å². The quantitative estimate of drug-likeness (QED) is 0.153. The number of carbonyl (C=O) groups is 1. The number of nitro benzene ring substituents is 1. The number of carbonyl (C=O) groups excluding carboxylic acids is 1. The Kier molecular flexibility index (Phi) is 6.87. The van der Waals surface area contributed by atoms with E-state index in [-0.39, 0.29) is 22.4 Å². The fourth-order valence-electron chi connectivity index (χ4n) is 3.11. The lowest BCUT2D eigenvalue weighted by molar-refractivity contribution is -0.384. The summed E-state index contributed by atoms with van der Waals surface area (Å²) in [6.45, 7) is 0.0176. The molecule has 33 heavy (non-hydrogen) atoms. The average Bonchev–Trinajstić information content (AvgIpc) is 3.07. The van der Waals surface area contributed by atoms with E-state index in [1.165, 1.54) is 29.2 Å². The summed E-state index contributed by atoms with van der Waals surface area (Å²) in [5.74, 6) is -0.304. The van der Waals surface area contributed by atoms with Gasteiger partial charge in [0.05, 0.1) is 15.5 Å². The second-order valence-electron chi connectivity index (χ2n) is 6.86. The van der Waals surface area contributed by atoms with Crippen LogP contribution in [0.4, 0.5) is 15.8 Å². The summed E-state index contributed by atoms with van der Waals surface area (Å²) in [6.07, 6.45) is 1.64. The van der Waals surface area contributed by atoms with E-state index >= 15 is 0 Å². The monoisotopic (exact) mass is 544 g/mol. The lowest BCUT2D eigenvalue weighted by Crippen LogP contribution is -2.27. The molecular formula is C23H14BrFN2O4S2. The second-order valence-corrected chi connectivity index (χ2v) is 9.45. The molecule has 0 atom stereocenters. The van der Waals surface area contributed by atoms with Gasteiger partial charge in [-0.2, -0.15) is 0 Å². The van der Waals surface area contributed by atoms with E-state index in [9.17, 15) is 19.3 Å². The van der Waals surface area contributed by atoms with E-state index < -0.39 is 10.8 Å². The first-order valence-corrected chi connectivity index (χ1v) is 11.5. The van der Waals surface area contributed by atoms with Gasteiger partial charge in [0, 0.05) is 27.7 Å². The van der Waals surface area contributed by atoms with Crippen LogP contribution in [-0.4, -0.2) is 15.2 Å². The Hall–Kier alpha value is -3.08. The predicted molar refractivity (Wildman–Crippen MR) is 134 cm³/mol. The van der Waals surface area contributed by atoms with Crippen molar-refractivity contribution in [2.75, 3.05) is 4.90 Å². The zero-order valence-corrected chi connectivity index (χ0v) is 20.0. The third-order valence-electron chi connectivity index (χ3n) is 4.69. The Morgan fingerprint density at radius 3 is 2.70 bits per heavy atom. The molecule has 10 heteroatoms. The molecule has 1 heterocycles. The first-order chi connectivity index (χ1) is 15.8. The van der Waals surface area contributed by atoms with Crippen molar-refractivity contribution in [1.82, 2.24) is 0 Å². The van der Waals surface area contributed by atoms with E-state index in [1.54, 1.807) is 48.5 Å². The van der Waals surface area contributed by atoms with Gasteiger partial charge in [-0.25, -0.2) is 4.39 Å². The predicted octanol–water partition coefficient (Wildman–Crippen LogP) is 6.48. The lowest BCUT2D eigenvalue weighted by atomic mass is 10.1. The number of hydrogen-bond donors (Lipinski definition) is 0. The van der Waals surface area contributed by atoms with Crippen LogP contribution < -0.4 is 9.64 Å². The molecule has 3 aromatic rings. The maximum absolute atomic E-state index is 14.0. The van der Waals surface area contributed by atoms with Crippen LogP contribution in [0.25, 0.3) is 6.08 Å². The molecule has 1 aliphatic rings. The molecule has 0 aromatic heterocycles. The Labute approximate surface area is 206 Å². The van der Waals surface area contributed by atoms with E-state index in [2.05, 4.69) is 15.9 Å². The standard InChI is InChI=1S/C23H14BrFN2O4S2/c24-16-8-9-20(31-13-14-4-1-2-7-19(14)25)15(10-16)11-21-22(28)26(23(32)33-21)17-5-3-6-18(12-17)27(29)30/h1-12H,13H2/b21-11+. The minimum atomic E-state index is -0.530. The number of nitrogens with zero attached hydrogens (tertiary/aromatic N) is 2. The van der Waals surface area contributed by atoms with Gasteiger partial charge in [0.2, 0.25) is 0 Å². The maximum atomic E-state index is 14.0. The van der Waals surface area contributed by atoms with Gasteiger partial charge in [-0.3, -0.25) is 19.8 Å². The molecule has 1 saturated heterocycles. The molecule has 0 saturated carbocycles. The largest absolute Gasteiger partial charge is 0.488 e. The topological polar surface area (TPSA) is 72.7 Å². The summed E-state index contributed by atoms with van der Waals surface area (Å²) in [5, 5.41) is 11.1. The van der Waals surface area contributed by atoms with Crippen molar-refractivity contribution >= 4 is 67.6 Å². The highest BCUT2D eigenvalue weighted by molar-refractivity contribution is 9.10. The number of thiocarbonyl (C=S) groups is 1. The fraction of sp³-hybridized carbons (Fsp3) is 0.0435. The molecule has 0 spiro atoms. The smallest absolute Gasteiger partial charge is 0.271 e. The van der Waals surface area contributed by atoms with Crippen LogP contribution in [0.2, 0.25) is 0 Å². The number of amides is 1. The number of ether oxygens (including phenoxy) is 1. The van der Waals surface area contributed by atoms with Crippen LogP contribution in [0.1, 0.15) is 11.1 Å². The molecule has 6 nitrogen and oxygen atoms in total. The third-order valence-corrected chi connectivity index (χ3v) is 6.49. The average molecular weight is 545 g/mol. The Bertz CT molecular complexity index is 1320. The zero-order chi connectivity index (χ0) is 23.5. The van der Waals surface area contributed by atoms with Crippen molar-refractivity contribution < 1.29 is 18.8 Å². The van der Waals surface area contributed by atoms with Crippen molar-refractivity contribution in [3.63, 3.8) is 0 Å². The van der Waals surface area contributed by atoms with Gasteiger partial charge >= 0.3 is 0 Å². The number of nitro groups is 1. The highest BCUT2D eigenvalue weighted by Gasteiger charge is 2.34. The molecule has 166 valence electrons. The van der Waals surface area contributed by atoms with E-state index in [0.717, 1.165) is 16.2 Å². The Morgan fingerprint density at radius 2 is 1.94 bits per heavy atom. The summed E-state index contributed by atoms with van der Waals surface area (Å²) in [7, 11) is 0. The molecular weight excluding hydrogens is 531 g/mol. The molecule has 0 bridgehead atoms. The number of benzene rings is 3. The SMILES string of the molecule is O=C1/C(=C\c2cc(Br)ccc2OCc2ccccc2F)SC(=S)N1c1cccc([N+](=O)[O-])c1. The molecule has 3 aromatic carbocycles. The van der Waals surface area contributed by atoms with Crippen molar-refractivity contribution in [2.45, 2.75) is 6.61 Å². The van der Waals surface area contributed by atoms with Crippen molar-refractivity contribution in [2.24, 2.45) is 0 Å². The summed E-state index contributed by atoms with van der Waals surface area (Å²) >= 11 is 9.86. The number of non-ortho nitro benzene ring substituents is 1. The van der Waals surface area contributed by atoms with Gasteiger partial charge in [-0.15, -0.1) is 0 Å². The first-order valence-electron chi connectivity index (χ1n) is 9.51. The molecule has 0 unspecified atom stereocenters. The number of halogens is 2. The zero-order valence-electron chi connectivity index (χ0n) is 16.7. The molecule has 1 amide bonds. The summed E-state index contributed by atoms with van der Waals surface area (Å²) < 4.78 is 20.8. The van der Waals surface area contributed by atoms with Gasteiger partial charge in [-0.05, 0) is 36.4 Å². The Balaban J connectivity index is 1.62. The van der Waals surface area contributed by atoms with Gasteiger partial charge in [0.1, 0.15) is 18.2 Å². The highest BCUT2D eigenvalue weighted by Crippen LogP contribution is 2.38. The number of thioether (sulfide) groups is 1. The number of anilines is 1. The van der Waals surface area contributed by atoms with Gasteiger partial charge in [0.25, 0.3) is 11.6 Å². The second kappa shape index (κ2) is 9.82. The summed E-state index contributed by atoms with van der Waals surface area (Å²) in [4.78, 5) is 25.3. The third kappa shape index (κ3) is 5.13. The van der Waals surface area contributed by atoms with E-state index in [4.69, 9.17) is 17.0 Å².